The first-order valence-electron chi connectivity index (χ1n) is 11.6. The van der Waals surface area contributed by atoms with Gasteiger partial charge in [-0.15, -0.1) is 6.42 Å². The highest BCUT2D eigenvalue weighted by atomic mass is 19.1. The van der Waals surface area contributed by atoms with Crippen LogP contribution in [-0.2, 0) is 18.3 Å². The summed E-state index contributed by atoms with van der Waals surface area (Å²) in [7, 11) is 1.72. The first-order chi connectivity index (χ1) is 16.9. The number of aliphatic hydroxyl groups is 1. The van der Waals surface area contributed by atoms with Gasteiger partial charge in [0, 0.05) is 38.3 Å². The number of rotatable bonds is 12. The Hall–Kier alpha value is -3.25. The van der Waals surface area contributed by atoms with Gasteiger partial charge in [-0.3, -0.25) is 4.90 Å². The summed E-state index contributed by atoms with van der Waals surface area (Å²) in [4.78, 5) is 2.14. The molecule has 4 rings (SSSR count). The van der Waals surface area contributed by atoms with Crippen LogP contribution in [0.15, 0.2) is 48.5 Å². The van der Waals surface area contributed by atoms with Crippen molar-refractivity contribution in [1.82, 2.24) is 14.7 Å². The van der Waals surface area contributed by atoms with Crippen molar-refractivity contribution in [3.05, 3.63) is 65.7 Å². The van der Waals surface area contributed by atoms with E-state index in [1.165, 1.54) is 6.07 Å². The Labute approximate surface area is 204 Å². The van der Waals surface area contributed by atoms with Crippen molar-refractivity contribution in [3.63, 3.8) is 0 Å². The highest BCUT2D eigenvalue weighted by Crippen LogP contribution is 2.36. The Bertz CT molecular complexity index is 1170. The van der Waals surface area contributed by atoms with Crippen molar-refractivity contribution in [2.24, 2.45) is 13.0 Å². The molecule has 0 spiro atoms. The summed E-state index contributed by atoms with van der Waals surface area (Å²) in [5.74, 6) is 1.74. The SMILES string of the molecule is C#CCOC[C@@H](O)CN(Cc1c(-c2ccccc2)nn(C)c1Oc1ccc(F)cc1F)CC1CC1. The predicted molar refractivity (Wildman–Crippen MR) is 129 cm³/mol. The van der Waals surface area contributed by atoms with Crippen molar-refractivity contribution in [3.8, 4) is 35.2 Å². The van der Waals surface area contributed by atoms with Gasteiger partial charge in [0.05, 0.1) is 18.3 Å². The van der Waals surface area contributed by atoms with E-state index in [4.69, 9.17) is 15.9 Å². The Morgan fingerprint density at radius 3 is 2.69 bits per heavy atom. The normalized spacial score (nSPS) is 14.2. The number of hydrogen-bond acceptors (Lipinski definition) is 5. The number of hydrogen-bond donors (Lipinski definition) is 1. The average molecular weight is 482 g/mol. The molecule has 1 fully saturated rings. The maximum atomic E-state index is 14.4. The fourth-order valence-electron chi connectivity index (χ4n) is 4.01. The van der Waals surface area contributed by atoms with Gasteiger partial charge in [0.15, 0.2) is 11.6 Å². The first-order valence-corrected chi connectivity index (χ1v) is 11.6. The molecule has 0 bridgehead atoms. The summed E-state index contributed by atoms with van der Waals surface area (Å²) in [5.41, 5.74) is 2.33. The van der Waals surface area contributed by atoms with Crippen LogP contribution in [0.1, 0.15) is 18.4 Å². The number of aromatic nitrogens is 2. The molecule has 0 aliphatic heterocycles. The van der Waals surface area contributed by atoms with Gasteiger partial charge in [0.25, 0.3) is 0 Å². The Morgan fingerprint density at radius 1 is 1.23 bits per heavy atom. The lowest BCUT2D eigenvalue weighted by molar-refractivity contribution is 0.0250. The minimum absolute atomic E-state index is 0.0910. The van der Waals surface area contributed by atoms with Crippen molar-refractivity contribution >= 4 is 0 Å². The van der Waals surface area contributed by atoms with Crippen LogP contribution in [0.25, 0.3) is 11.3 Å². The molecule has 184 valence electrons. The zero-order valence-electron chi connectivity index (χ0n) is 19.7. The monoisotopic (exact) mass is 481 g/mol. The molecule has 8 heteroatoms. The van der Waals surface area contributed by atoms with Crippen LogP contribution in [0.2, 0.25) is 0 Å². The van der Waals surface area contributed by atoms with Gasteiger partial charge in [-0.25, -0.2) is 13.5 Å². The zero-order valence-corrected chi connectivity index (χ0v) is 19.7. The average Bonchev–Trinajstić information content (AvgIpc) is 3.60. The molecule has 1 heterocycles. The second kappa shape index (κ2) is 11.5. The van der Waals surface area contributed by atoms with Gasteiger partial charge < -0.3 is 14.6 Å². The third kappa shape index (κ3) is 6.67. The van der Waals surface area contributed by atoms with Crippen LogP contribution < -0.4 is 4.74 Å². The fraction of sp³-hybridized carbons (Fsp3) is 0.370. The summed E-state index contributed by atoms with van der Waals surface area (Å²) >= 11 is 0. The maximum absolute atomic E-state index is 14.4. The molecule has 0 saturated heterocycles. The van der Waals surface area contributed by atoms with Gasteiger partial charge in [-0.2, -0.15) is 5.10 Å². The largest absolute Gasteiger partial charge is 0.436 e. The molecule has 1 aromatic heterocycles. The standard InChI is InChI=1S/C27H29F2N3O3/c1-3-13-34-18-22(33)16-32(15-19-9-10-19)17-23-26(20-7-5-4-6-8-20)30-31(2)27(23)35-25-12-11-21(28)14-24(25)29/h1,4-8,11-12,14,19,22,33H,9-10,13,15-18H2,2H3/t22-/m0/s1. The lowest BCUT2D eigenvalue weighted by Crippen LogP contribution is -2.36. The fourth-order valence-corrected chi connectivity index (χ4v) is 4.01. The third-order valence-corrected chi connectivity index (χ3v) is 5.80. The Morgan fingerprint density at radius 2 is 2.00 bits per heavy atom. The second-order valence-electron chi connectivity index (χ2n) is 8.81. The van der Waals surface area contributed by atoms with E-state index in [9.17, 15) is 13.9 Å². The second-order valence-corrected chi connectivity index (χ2v) is 8.81. The number of aliphatic hydroxyl groups excluding tert-OH is 1. The Balaban J connectivity index is 1.66. The Kier molecular flexibility index (Phi) is 8.13. The van der Waals surface area contributed by atoms with Crippen LogP contribution in [-0.4, -0.2) is 52.2 Å². The predicted octanol–water partition coefficient (Wildman–Crippen LogP) is 4.38. The van der Waals surface area contributed by atoms with Crippen LogP contribution in [0, 0.1) is 29.9 Å². The highest BCUT2D eigenvalue weighted by molar-refractivity contribution is 5.65. The van der Waals surface area contributed by atoms with E-state index in [2.05, 4.69) is 15.9 Å². The summed E-state index contributed by atoms with van der Waals surface area (Å²) in [6, 6.07) is 12.9. The minimum atomic E-state index is -0.797. The molecule has 6 nitrogen and oxygen atoms in total. The quantitative estimate of drug-likeness (QED) is 0.307. The highest BCUT2D eigenvalue weighted by Gasteiger charge is 2.29. The number of ether oxygens (including phenoxy) is 2. The summed E-state index contributed by atoms with van der Waals surface area (Å²) in [6.45, 7) is 1.85. The molecule has 3 aromatic rings. The molecular formula is C27H29F2N3O3. The molecule has 1 saturated carbocycles. The molecule has 1 N–H and O–H groups in total. The topological polar surface area (TPSA) is 59.8 Å². The molecule has 1 aliphatic carbocycles. The molecule has 2 aromatic carbocycles. The maximum Gasteiger partial charge on any atom is 0.222 e. The van der Waals surface area contributed by atoms with E-state index in [1.54, 1.807) is 11.7 Å². The first kappa shape index (κ1) is 24.9. The third-order valence-electron chi connectivity index (χ3n) is 5.80. The molecule has 1 atom stereocenters. The van der Waals surface area contributed by atoms with Gasteiger partial charge in [-0.1, -0.05) is 36.3 Å². The molecule has 35 heavy (non-hydrogen) atoms. The number of halogens is 2. The number of nitrogens with zero attached hydrogens (tertiary/aromatic N) is 3. The van der Waals surface area contributed by atoms with Crippen molar-refractivity contribution in [2.75, 3.05) is 26.3 Å². The van der Waals surface area contributed by atoms with Crippen LogP contribution in [0.5, 0.6) is 11.6 Å². The number of aryl methyl sites for hydroxylation is 1. The van der Waals surface area contributed by atoms with Gasteiger partial charge >= 0.3 is 0 Å². The van der Waals surface area contributed by atoms with E-state index >= 15 is 0 Å². The number of benzene rings is 2. The van der Waals surface area contributed by atoms with Gasteiger partial charge in [0.2, 0.25) is 5.88 Å². The van der Waals surface area contributed by atoms with Crippen LogP contribution in [0.4, 0.5) is 8.78 Å². The van der Waals surface area contributed by atoms with Crippen molar-refractivity contribution in [1.29, 1.82) is 0 Å². The van der Waals surface area contributed by atoms with Crippen molar-refractivity contribution < 1.29 is 23.4 Å². The molecule has 0 radical (unpaired) electrons. The van der Waals surface area contributed by atoms with Crippen molar-refractivity contribution in [2.45, 2.75) is 25.5 Å². The zero-order chi connectivity index (χ0) is 24.8. The molecule has 0 amide bonds. The van der Waals surface area contributed by atoms with E-state index in [0.29, 0.717) is 30.6 Å². The van der Waals surface area contributed by atoms with E-state index in [-0.39, 0.29) is 19.0 Å². The molecular weight excluding hydrogens is 452 g/mol. The van der Waals surface area contributed by atoms with Crippen LogP contribution >= 0.6 is 0 Å². The summed E-state index contributed by atoms with van der Waals surface area (Å²) in [6.07, 6.45) is 6.79. The summed E-state index contributed by atoms with van der Waals surface area (Å²) < 4.78 is 40.7. The van der Waals surface area contributed by atoms with Gasteiger partial charge in [-0.05, 0) is 30.9 Å². The molecule has 0 unspecified atom stereocenters. The summed E-state index contributed by atoms with van der Waals surface area (Å²) in [5, 5.41) is 15.2. The minimum Gasteiger partial charge on any atom is -0.436 e. The number of terminal acetylenes is 1. The van der Waals surface area contributed by atoms with E-state index < -0.39 is 17.7 Å². The molecule has 1 aliphatic rings. The van der Waals surface area contributed by atoms with Crippen LogP contribution in [0.3, 0.4) is 0 Å². The lowest BCUT2D eigenvalue weighted by atomic mass is 10.1. The van der Waals surface area contributed by atoms with Gasteiger partial charge in [0.1, 0.15) is 18.1 Å². The van der Waals surface area contributed by atoms with E-state index in [0.717, 1.165) is 42.6 Å². The van der Waals surface area contributed by atoms with E-state index in [1.807, 2.05) is 30.3 Å². The smallest absolute Gasteiger partial charge is 0.222 e. The lowest BCUT2D eigenvalue weighted by Gasteiger charge is -2.25.